The zero-order chi connectivity index (χ0) is 17.3. The Morgan fingerprint density at radius 1 is 1.17 bits per heavy atom. The molecule has 7 heteroatoms. The molecule has 0 saturated heterocycles. The molecular formula is C17H11BrCl2N2O2. The lowest BCUT2D eigenvalue weighted by molar-refractivity contribution is 0.0993. The van der Waals surface area contributed by atoms with E-state index in [2.05, 4.69) is 25.9 Å². The quantitative estimate of drug-likeness (QED) is 0.515. The number of halogens is 3. The third-order valence-electron chi connectivity index (χ3n) is 3.32. The number of aryl methyl sites for hydroxylation is 1. The molecule has 0 atom stereocenters. The number of oxazole rings is 1. The average molecular weight is 426 g/mol. The summed E-state index contributed by atoms with van der Waals surface area (Å²) in [5.74, 6) is 0.920. The van der Waals surface area contributed by atoms with Crippen LogP contribution in [0.15, 0.2) is 45.5 Å². The van der Waals surface area contributed by atoms with Gasteiger partial charge in [0.2, 0.25) is 5.89 Å². The number of hydrogen-bond acceptors (Lipinski definition) is 4. The molecule has 24 heavy (non-hydrogen) atoms. The number of pyridine rings is 1. The van der Waals surface area contributed by atoms with Gasteiger partial charge in [0, 0.05) is 22.7 Å². The van der Waals surface area contributed by atoms with Crippen molar-refractivity contribution < 1.29 is 9.21 Å². The third kappa shape index (κ3) is 3.69. The fourth-order valence-electron chi connectivity index (χ4n) is 2.19. The molecule has 0 N–H and O–H groups in total. The lowest BCUT2D eigenvalue weighted by atomic mass is 10.0. The van der Waals surface area contributed by atoms with Crippen LogP contribution in [-0.4, -0.2) is 15.8 Å². The van der Waals surface area contributed by atoms with Gasteiger partial charge in [-0.3, -0.25) is 4.79 Å². The summed E-state index contributed by atoms with van der Waals surface area (Å²) < 4.78 is 6.24. The smallest absolute Gasteiger partial charge is 0.246 e. The Bertz CT molecular complexity index is 925. The van der Waals surface area contributed by atoms with E-state index in [-0.39, 0.29) is 12.2 Å². The summed E-state index contributed by atoms with van der Waals surface area (Å²) >= 11 is 15.7. The molecule has 2 aromatic heterocycles. The zero-order valence-electron chi connectivity index (χ0n) is 12.5. The van der Waals surface area contributed by atoms with E-state index in [9.17, 15) is 4.79 Å². The minimum Gasteiger partial charge on any atom is -0.440 e. The van der Waals surface area contributed by atoms with Crippen LogP contribution in [0.2, 0.25) is 10.0 Å². The van der Waals surface area contributed by atoms with Crippen LogP contribution < -0.4 is 0 Å². The maximum Gasteiger partial charge on any atom is 0.246 e. The minimum absolute atomic E-state index is 0.106. The third-order valence-corrected chi connectivity index (χ3v) is 4.41. The largest absolute Gasteiger partial charge is 0.440 e. The molecule has 0 aliphatic rings. The lowest BCUT2D eigenvalue weighted by Crippen LogP contribution is -2.05. The number of ketones is 1. The molecule has 0 saturated carbocycles. The summed E-state index contributed by atoms with van der Waals surface area (Å²) in [6, 6.07) is 6.84. The van der Waals surface area contributed by atoms with Gasteiger partial charge in [0.25, 0.3) is 0 Å². The van der Waals surface area contributed by atoms with Crippen molar-refractivity contribution in [3.05, 3.63) is 68.1 Å². The van der Waals surface area contributed by atoms with Crippen molar-refractivity contribution in [3.8, 4) is 11.6 Å². The first-order valence-electron chi connectivity index (χ1n) is 6.99. The molecule has 3 rings (SSSR count). The van der Waals surface area contributed by atoms with Crippen molar-refractivity contribution in [2.24, 2.45) is 0 Å². The van der Waals surface area contributed by atoms with Gasteiger partial charge in [-0.25, -0.2) is 9.97 Å². The van der Waals surface area contributed by atoms with Crippen molar-refractivity contribution >= 4 is 44.9 Å². The average Bonchev–Trinajstić information content (AvgIpc) is 2.93. The second kappa shape index (κ2) is 7.05. The first-order valence-corrected chi connectivity index (χ1v) is 8.54. The van der Waals surface area contributed by atoms with Crippen molar-refractivity contribution in [3.63, 3.8) is 0 Å². The molecule has 0 bridgehead atoms. The number of carbonyl (C=O) groups excluding carboxylic acids is 1. The molecule has 2 heterocycles. The molecule has 0 spiro atoms. The Hall–Kier alpha value is -1.69. The first kappa shape index (κ1) is 17.1. The Morgan fingerprint density at radius 2 is 1.96 bits per heavy atom. The van der Waals surface area contributed by atoms with Crippen molar-refractivity contribution in [2.75, 3.05) is 0 Å². The standard InChI is InChI=1S/C17H11BrCl2N2O2/c1-9-7-22-17(24-9)16-14(20)4-10(8-21-16)5-15(23)12-3-2-11(18)6-13(12)19/h2-4,6-8H,5H2,1H3. The molecule has 1 aromatic carbocycles. The van der Waals surface area contributed by atoms with Crippen LogP contribution in [0, 0.1) is 6.92 Å². The number of hydrogen-bond donors (Lipinski definition) is 0. The van der Waals surface area contributed by atoms with Gasteiger partial charge < -0.3 is 4.42 Å². The molecule has 0 radical (unpaired) electrons. The van der Waals surface area contributed by atoms with Gasteiger partial charge in [0.05, 0.1) is 16.2 Å². The molecule has 122 valence electrons. The number of carbonyl (C=O) groups is 1. The summed E-state index contributed by atoms with van der Waals surface area (Å²) in [6.07, 6.45) is 3.34. The number of nitrogens with zero attached hydrogens (tertiary/aromatic N) is 2. The lowest BCUT2D eigenvalue weighted by Gasteiger charge is -2.06. The topological polar surface area (TPSA) is 56.0 Å². The van der Waals surface area contributed by atoms with Gasteiger partial charge in [0.1, 0.15) is 11.5 Å². The maximum absolute atomic E-state index is 12.4. The monoisotopic (exact) mass is 424 g/mol. The summed E-state index contributed by atoms with van der Waals surface area (Å²) in [5.41, 5.74) is 1.60. The second-order valence-electron chi connectivity index (χ2n) is 5.17. The van der Waals surface area contributed by atoms with Gasteiger partial charge in [0.15, 0.2) is 5.78 Å². The maximum atomic E-state index is 12.4. The van der Waals surface area contributed by atoms with E-state index in [0.29, 0.717) is 38.5 Å². The van der Waals surface area contributed by atoms with Crippen LogP contribution in [0.25, 0.3) is 11.6 Å². The predicted octanol–water partition coefficient (Wildman–Crippen LogP) is 5.54. The van der Waals surface area contributed by atoms with E-state index in [1.54, 1.807) is 43.6 Å². The fraction of sp³-hybridized carbons (Fsp3) is 0.118. The van der Waals surface area contributed by atoms with Crippen molar-refractivity contribution in [1.82, 2.24) is 9.97 Å². The van der Waals surface area contributed by atoms with Crippen molar-refractivity contribution in [1.29, 1.82) is 0 Å². The highest BCUT2D eigenvalue weighted by Gasteiger charge is 2.15. The number of Topliss-reactive ketones (excluding diaryl/α,β-unsaturated/α-hetero) is 1. The molecule has 0 aliphatic heterocycles. The van der Waals surface area contributed by atoms with Crippen molar-refractivity contribution in [2.45, 2.75) is 13.3 Å². The summed E-state index contributed by atoms with van der Waals surface area (Å²) in [4.78, 5) is 20.8. The van der Waals surface area contributed by atoms with E-state index in [0.717, 1.165) is 4.47 Å². The van der Waals surface area contributed by atoms with E-state index < -0.39 is 0 Å². The van der Waals surface area contributed by atoms with Crippen LogP contribution >= 0.6 is 39.1 Å². The Labute approximate surface area is 157 Å². The molecule has 0 fully saturated rings. The predicted molar refractivity (Wildman–Crippen MR) is 96.7 cm³/mol. The Morgan fingerprint density at radius 3 is 2.58 bits per heavy atom. The number of rotatable bonds is 4. The SMILES string of the molecule is Cc1cnc(-c2ncc(CC(=O)c3ccc(Br)cc3Cl)cc2Cl)o1. The highest BCUT2D eigenvalue weighted by atomic mass is 79.9. The van der Waals surface area contributed by atoms with E-state index in [1.165, 1.54) is 0 Å². The van der Waals surface area contributed by atoms with Crippen LogP contribution in [-0.2, 0) is 6.42 Å². The Kier molecular flexibility index (Phi) is 5.04. The van der Waals surface area contributed by atoms with E-state index in [4.69, 9.17) is 27.6 Å². The molecule has 0 amide bonds. The highest BCUT2D eigenvalue weighted by Crippen LogP contribution is 2.27. The summed E-state index contributed by atoms with van der Waals surface area (Å²) in [6.45, 7) is 1.79. The van der Waals surface area contributed by atoms with Crippen LogP contribution in [0.3, 0.4) is 0 Å². The zero-order valence-corrected chi connectivity index (χ0v) is 15.6. The van der Waals surface area contributed by atoms with Gasteiger partial charge in [-0.15, -0.1) is 0 Å². The summed E-state index contributed by atoms with van der Waals surface area (Å²) in [5, 5.41) is 0.782. The normalized spacial score (nSPS) is 10.8. The molecule has 3 aromatic rings. The van der Waals surface area contributed by atoms with Gasteiger partial charge in [-0.05, 0) is 36.8 Å². The van der Waals surface area contributed by atoms with Gasteiger partial charge in [-0.2, -0.15) is 0 Å². The van der Waals surface area contributed by atoms with E-state index in [1.807, 2.05) is 0 Å². The molecule has 4 nitrogen and oxygen atoms in total. The van der Waals surface area contributed by atoms with Gasteiger partial charge >= 0.3 is 0 Å². The minimum atomic E-state index is -0.106. The second-order valence-corrected chi connectivity index (χ2v) is 6.90. The van der Waals surface area contributed by atoms with Crippen LogP contribution in [0.4, 0.5) is 0 Å². The van der Waals surface area contributed by atoms with Gasteiger partial charge in [-0.1, -0.05) is 39.1 Å². The Balaban J connectivity index is 1.83. The highest BCUT2D eigenvalue weighted by molar-refractivity contribution is 9.10. The first-order chi connectivity index (χ1) is 11.4. The number of benzene rings is 1. The fourth-order valence-corrected chi connectivity index (χ4v) is 3.24. The van der Waals surface area contributed by atoms with Crippen LogP contribution in [0.1, 0.15) is 21.7 Å². The van der Waals surface area contributed by atoms with E-state index >= 15 is 0 Å². The molecular weight excluding hydrogens is 415 g/mol. The molecule has 0 aliphatic carbocycles. The van der Waals surface area contributed by atoms with Crippen LogP contribution in [0.5, 0.6) is 0 Å². The number of aromatic nitrogens is 2. The molecule has 0 unspecified atom stereocenters. The summed E-state index contributed by atoms with van der Waals surface area (Å²) in [7, 11) is 0.